The van der Waals surface area contributed by atoms with Crippen LogP contribution in [0.1, 0.15) is 58.3 Å². The van der Waals surface area contributed by atoms with Crippen LogP contribution in [0.4, 0.5) is 0 Å². The van der Waals surface area contributed by atoms with Crippen molar-refractivity contribution < 1.29 is 24.9 Å². The molecule has 0 aliphatic heterocycles. The van der Waals surface area contributed by atoms with Crippen molar-refractivity contribution in [1.82, 2.24) is 0 Å². The van der Waals surface area contributed by atoms with E-state index in [0.717, 1.165) is 19.3 Å². The fourth-order valence-electron chi connectivity index (χ4n) is 3.23. The highest BCUT2D eigenvalue weighted by Gasteiger charge is 2.38. The SMILES string of the molecule is CCCC(O)C/C=C/[C@H]1[C@H](O)CC(=O)[C@@H]1C/C=C\CCCC(=O)CO. The predicted molar refractivity (Wildman–Crippen MR) is 97.0 cm³/mol. The van der Waals surface area contributed by atoms with Crippen LogP contribution in [0.25, 0.3) is 0 Å². The normalized spacial score (nSPS) is 25.3. The van der Waals surface area contributed by atoms with Crippen molar-refractivity contribution in [3.63, 3.8) is 0 Å². The van der Waals surface area contributed by atoms with E-state index in [4.69, 9.17) is 5.11 Å². The van der Waals surface area contributed by atoms with Gasteiger partial charge in [-0.05, 0) is 32.1 Å². The van der Waals surface area contributed by atoms with Gasteiger partial charge in [-0.3, -0.25) is 9.59 Å². The molecule has 0 heterocycles. The maximum absolute atomic E-state index is 12.1. The second kappa shape index (κ2) is 12.1. The molecule has 0 radical (unpaired) electrons. The van der Waals surface area contributed by atoms with Gasteiger partial charge < -0.3 is 15.3 Å². The van der Waals surface area contributed by atoms with Gasteiger partial charge in [-0.15, -0.1) is 0 Å². The van der Waals surface area contributed by atoms with E-state index in [0.29, 0.717) is 25.7 Å². The Morgan fingerprint density at radius 1 is 1.32 bits per heavy atom. The van der Waals surface area contributed by atoms with Gasteiger partial charge in [0.05, 0.1) is 12.2 Å². The smallest absolute Gasteiger partial charge is 0.158 e. The van der Waals surface area contributed by atoms with Crippen molar-refractivity contribution in [3.05, 3.63) is 24.3 Å². The number of aliphatic hydroxyl groups is 3. The van der Waals surface area contributed by atoms with E-state index in [1.165, 1.54) is 0 Å². The summed E-state index contributed by atoms with van der Waals surface area (Å²) in [4.78, 5) is 23.1. The molecular formula is C20H32O5. The maximum atomic E-state index is 12.1. The fraction of sp³-hybridized carbons (Fsp3) is 0.700. The van der Waals surface area contributed by atoms with Crippen molar-refractivity contribution in [2.75, 3.05) is 6.61 Å². The molecule has 1 saturated carbocycles. The van der Waals surface area contributed by atoms with Crippen LogP contribution in [0.15, 0.2) is 24.3 Å². The van der Waals surface area contributed by atoms with Gasteiger partial charge >= 0.3 is 0 Å². The standard InChI is InChI=1S/C20H32O5/c1-2-8-15(22)10-7-12-18-17(19(24)13-20(18)25)11-6-4-3-5-9-16(23)14-21/h4,6-7,12,15,17-18,20-22,25H,2-3,5,8-11,13-14H2,1H3/b6-4-,12-7+/t15?,17-,18-,20-/m1/s1. The van der Waals surface area contributed by atoms with Crippen LogP contribution >= 0.6 is 0 Å². The number of carbonyl (C=O) groups excluding carboxylic acids is 2. The molecule has 5 nitrogen and oxygen atoms in total. The lowest BCUT2D eigenvalue weighted by atomic mass is 9.90. The fourth-order valence-corrected chi connectivity index (χ4v) is 3.23. The Labute approximate surface area is 150 Å². The Balaban J connectivity index is 2.44. The quantitative estimate of drug-likeness (QED) is 0.370. The van der Waals surface area contributed by atoms with Crippen molar-refractivity contribution >= 4 is 11.6 Å². The highest BCUT2D eigenvalue weighted by molar-refractivity contribution is 5.84. The maximum Gasteiger partial charge on any atom is 0.158 e. The predicted octanol–water partition coefficient (Wildman–Crippen LogP) is 2.34. The van der Waals surface area contributed by atoms with E-state index in [9.17, 15) is 19.8 Å². The zero-order valence-electron chi connectivity index (χ0n) is 15.1. The number of hydrogen-bond donors (Lipinski definition) is 3. The van der Waals surface area contributed by atoms with E-state index < -0.39 is 12.7 Å². The van der Waals surface area contributed by atoms with Crippen LogP contribution in [-0.2, 0) is 9.59 Å². The van der Waals surface area contributed by atoms with E-state index in [2.05, 4.69) is 0 Å². The van der Waals surface area contributed by atoms with Crippen molar-refractivity contribution in [2.45, 2.75) is 70.5 Å². The summed E-state index contributed by atoms with van der Waals surface area (Å²) in [5.41, 5.74) is 0. The first-order valence-electron chi connectivity index (χ1n) is 9.32. The van der Waals surface area contributed by atoms with Crippen molar-refractivity contribution in [1.29, 1.82) is 0 Å². The molecule has 0 aromatic carbocycles. The lowest BCUT2D eigenvalue weighted by Crippen LogP contribution is -2.18. The molecule has 1 unspecified atom stereocenters. The number of rotatable bonds is 12. The lowest BCUT2D eigenvalue weighted by Gasteiger charge is -2.16. The Morgan fingerprint density at radius 2 is 2.08 bits per heavy atom. The van der Waals surface area contributed by atoms with Gasteiger partial charge in [-0.25, -0.2) is 0 Å². The van der Waals surface area contributed by atoms with Gasteiger partial charge in [0.15, 0.2) is 5.78 Å². The second-order valence-electron chi connectivity index (χ2n) is 6.82. The summed E-state index contributed by atoms with van der Waals surface area (Å²) in [6, 6.07) is 0. The number of Topliss-reactive ketones (excluding diaryl/α,β-unsaturated/α-hetero) is 2. The van der Waals surface area contributed by atoms with Crippen LogP contribution < -0.4 is 0 Å². The molecular weight excluding hydrogens is 320 g/mol. The summed E-state index contributed by atoms with van der Waals surface area (Å²) in [5, 5.41) is 28.5. The Bertz CT molecular complexity index is 469. The topological polar surface area (TPSA) is 94.8 Å². The first-order valence-corrected chi connectivity index (χ1v) is 9.32. The summed E-state index contributed by atoms with van der Waals surface area (Å²) < 4.78 is 0. The number of hydrogen-bond acceptors (Lipinski definition) is 5. The van der Waals surface area contributed by atoms with Gasteiger partial charge in [0, 0.05) is 24.7 Å². The molecule has 5 heteroatoms. The zero-order chi connectivity index (χ0) is 18.7. The van der Waals surface area contributed by atoms with Crippen LogP contribution in [0.3, 0.4) is 0 Å². The summed E-state index contributed by atoms with van der Waals surface area (Å²) >= 11 is 0. The van der Waals surface area contributed by atoms with E-state index >= 15 is 0 Å². The molecule has 25 heavy (non-hydrogen) atoms. The molecule has 0 spiro atoms. The van der Waals surface area contributed by atoms with Crippen molar-refractivity contribution in [3.8, 4) is 0 Å². The van der Waals surface area contributed by atoms with E-state index in [1.807, 2.05) is 31.2 Å². The van der Waals surface area contributed by atoms with E-state index in [-0.39, 0.29) is 35.9 Å². The van der Waals surface area contributed by atoms with Gasteiger partial charge in [0.2, 0.25) is 0 Å². The monoisotopic (exact) mass is 352 g/mol. The molecule has 1 aliphatic rings. The third-order valence-corrected chi connectivity index (χ3v) is 4.68. The molecule has 0 bridgehead atoms. The molecule has 1 rings (SSSR count). The minimum Gasteiger partial charge on any atom is -0.393 e. The Kier molecular flexibility index (Phi) is 10.5. The van der Waals surface area contributed by atoms with Crippen LogP contribution in [-0.4, -0.2) is 45.7 Å². The summed E-state index contributed by atoms with van der Waals surface area (Å²) in [6.07, 6.45) is 11.4. The second-order valence-corrected chi connectivity index (χ2v) is 6.82. The number of carbonyl (C=O) groups is 2. The minimum absolute atomic E-state index is 0.0800. The first kappa shape index (κ1) is 21.7. The van der Waals surface area contributed by atoms with Gasteiger partial charge in [-0.1, -0.05) is 37.6 Å². The van der Waals surface area contributed by atoms with Crippen LogP contribution in [0.2, 0.25) is 0 Å². The summed E-state index contributed by atoms with van der Waals surface area (Å²) in [5.74, 6) is -0.485. The largest absolute Gasteiger partial charge is 0.393 e. The summed E-state index contributed by atoms with van der Waals surface area (Å²) in [7, 11) is 0. The highest BCUT2D eigenvalue weighted by atomic mass is 16.3. The Hall–Kier alpha value is -1.30. The highest BCUT2D eigenvalue weighted by Crippen LogP contribution is 2.33. The molecule has 0 aromatic heterocycles. The molecule has 1 aliphatic carbocycles. The van der Waals surface area contributed by atoms with Crippen molar-refractivity contribution in [2.24, 2.45) is 11.8 Å². The number of allylic oxidation sites excluding steroid dienone is 2. The molecule has 142 valence electrons. The van der Waals surface area contributed by atoms with Gasteiger partial charge in [0.1, 0.15) is 12.4 Å². The molecule has 3 N–H and O–H groups in total. The average molecular weight is 352 g/mol. The van der Waals surface area contributed by atoms with Gasteiger partial charge in [-0.2, -0.15) is 0 Å². The molecule has 0 aromatic rings. The number of ketones is 2. The third kappa shape index (κ3) is 8.08. The molecule has 0 saturated heterocycles. The van der Waals surface area contributed by atoms with Crippen LogP contribution in [0, 0.1) is 11.8 Å². The summed E-state index contributed by atoms with van der Waals surface area (Å²) in [6.45, 7) is 1.62. The number of unbranched alkanes of at least 4 members (excludes halogenated alkanes) is 1. The first-order chi connectivity index (χ1) is 12.0. The average Bonchev–Trinajstić information content (AvgIpc) is 2.84. The van der Waals surface area contributed by atoms with Crippen LogP contribution in [0.5, 0.6) is 0 Å². The lowest BCUT2D eigenvalue weighted by molar-refractivity contribution is -0.122. The Morgan fingerprint density at radius 3 is 2.76 bits per heavy atom. The number of aliphatic hydroxyl groups excluding tert-OH is 3. The molecule has 1 fully saturated rings. The van der Waals surface area contributed by atoms with Gasteiger partial charge in [0.25, 0.3) is 0 Å². The molecule has 0 amide bonds. The molecule has 4 atom stereocenters. The third-order valence-electron chi connectivity index (χ3n) is 4.68. The minimum atomic E-state index is -0.646. The zero-order valence-corrected chi connectivity index (χ0v) is 15.1. The van der Waals surface area contributed by atoms with E-state index in [1.54, 1.807) is 0 Å².